The van der Waals surface area contributed by atoms with E-state index in [4.69, 9.17) is 5.11 Å². The van der Waals surface area contributed by atoms with Gasteiger partial charge in [0.1, 0.15) is 0 Å². The molecule has 0 radical (unpaired) electrons. The summed E-state index contributed by atoms with van der Waals surface area (Å²) in [5.41, 5.74) is 2.46. The SMILES string of the molecule is CC(C)CC(CO)N1C(=O)c2ccc3c4c(ccc(c24)C1=O)C(=O)N(c1ccc(CCCCO)cc1)C3=O. The zero-order chi connectivity index (χ0) is 27.1. The van der Waals surface area contributed by atoms with E-state index in [0.717, 1.165) is 28.2 Å². The summed E-state index contributed by atoms with van der Waals surface area (Å²) in [5.74, 6) is -1.96. The number of nitrogens with zero attached hydrogens (tertiary/aromatic N) is 2. The van der Waals surface area contributed by atoms with Crippen LogP contribution in [0.1, 0.15) is 80.1 Å². The van der Waals surface area contributed by atoms with Crippen LogP contribution in [0.2, 0.25) is 0 Å². The van der Waals surface area contributed by atoms with E-state index in [2.05, 4.69) is 0 Å². The van der Waals surface area contributed by atoms with Crippen molar-refractivity contribution in [1.82, 2.24) is 4.90 Å². The van der Waals surface area contributed by atoms with E-state index in [9.17, 15) is 24.3 Å². The molecule has 0 fully saturated rings. The second kappa shape index (κ2) is 10.1. The van der Waals surface area contributed by atoms with Gasteiger partial charge in [-0.3, -0.25) is 24.1 Å². The number of benzene rings is 3. The molecule has 1 unspecified atom stereocenters. The summed E-state index contributed by atoms with van der Waals surface area (Å²) >= 11 is 0. The first-order valence-electron chi connectivity index (χ1n) is 13.0. The first-order chi connectivity index (χ1) is 18.3. The van der Waals surface area contributed by atoms with Gasteiger partial charge in [-0.05, 0) is 73.6 Å². The summed E-state index contributed by atoms with van der Waals surface area (Å²) in [7, 11) is 0. The molecule has 2 aliphatic rings. The lowest BCUT2D eigenvalue weighted by atomic mass is 9.85. The molecular formula is C30H30N2O6. The predicted octanol–water partition coefficient (Wildman–Crippen LogP) is 3.96. The standard InChI is InChI=1S/C30H30N2O6/c1-17(2)15-20(16-34)32-29(37)23-12-10-21-25-22(11-13-24(26(23)25)30(32)38)28(36)31(27(21)35)19-8-6-18(7-9-19)5-3-4-14-33/h6-13,17,20,33-34H,3-5,14-16H2,1-2H3. The van der Waals surface area contributed by atoms with Gasteiger partial charge in [0.2, 0.25) is 0 Å². The van der Waals surface area contributed by atoms with Gasteiger partial charge in [0, 0.05) is 39.6 Å². The maximum absolute atomic E-state index is 13.6. The van der Waals surface area contributed by atoms with E-state index in [0.29, 0.717) is 29.3 Å². The number of aliphatic hydroxyl groups is 2. The molecule has 196 valence electrons. The molecule has 3 aromatic carbocycles. The molecule has 0 aliphatic carbocycles. The Kier molecular flexibility index (Phi) is 6.86. The van der Waals surface area contributed by atoms with Crippen molar-refractivity contribution in [2.24, 2.45) is 5.92 Å². The largest absolute Gasteiger partial charge is 0.396 e. The molecule has 4 amide bonds. The minimum absolute atomic E-state index is 0.137. The number of anilines is 1. The zero-order valence-corrected chi connectivity index (χ0v) is 21.4. The van der Waals surface area contributed by atoms with Gasteiger partial charge >= 0.3 is 0 Å². The number of carbonyl (C=O) groups excluding carboxylic acids is 4. The number of imide groups is 2. The van der Waals surface area contributed by atoms with Crippen molar-refractivity contribution in [2.75, 3.05) is 18.1 Å². The molecule has 38 heavy (non-hydrogen) atoms. The minimum atomic E-state index is -0.671. The van der Waals surface area contributed by atoms with Crippen LogP contribution in [-0.2, 0) is 6.42 Å². The third-order valence-corrected chi connectivity index (χ3v) is 7.31. The van der Waals surface area contributed by atoms with Crippen LogP contribution in [-0.4, -0.2) is 58.0 Å². The van der Waals surface area contributed by atoms with Crippen LogP contribution in [0.25, 0.3) is 10.8 Å². The first kappa shape index (κ1) is 25.8. The Morgan fingerprint density at radius 1 is 0.684 bits per heavy atom. The van der Waals surface area contributed by atoms with E-state index in [1.807, 2.05) is 26.0 Å². The second-order valence-electron chi connectivity index (χ2n) is 10.3. The van der Waals surface area contributed by atoms with Gasteiger partial charge < -0.3 is 10.2 Å². The summed E-state index contributed by atoms with van der Waals surface area (Å²) in [6, 6.07) is 12.7. The van der Waals surface area contributed by atoms with Crippen LogP contribution in [0.4, 0.5) is 5.69 Å². The van der Waals surface area contributed by atoms with Gasteiger partial charge in [0.05, 0.1) is 18.3 Å². The van der Waals surface area contributed by atoms with E-state index in [-0.39, 0.29) is 41.4 Å². The van der Waals surface area contributed by atoms with E-state index in [1.165, 1.54) is 24.3 Å². The predicted molar refractivity (Wildman–Crippen MR) is 142 cm³/mol. The number of rotatable bonds is 9. The Bertz CT molecular complexity index is 1390. The molecule has 1 atom stereocenters. The highest BCUT2D eigenvalue weighted by molar-refractivity contribution is 6.39. The molecule has 8 heteroatoms. The molecule has 3 aromatic rings. The molecule has 2 heterocycles. The van der Waals surface area contributed by atoms with Gasteiger partial charge in [-0.25, -0.2) is 4.90 Å². The summed E-state index contributed by atoms with van der Waals surface area (Å²) in [4.78, 5) is 56.4. The molecule has 5 rings (SSSR count). The molecule has 0 spiro atoms. The van der Waals surface area contributed by atoms with Crippen LogP contribution in [0, 0.1) is 5.92 Å². The molecule has 2 N–H and O–H groups in total. The van der Waals surface area contributed by atoms with Crippen LogP contribution < -0.4 is 4.90 Å². The van der Waals surface area contributed by atoms with Crippen LogP contribution >= 0.6 is 0 Å². The van der Waals surface area contributed by atoms with Crippen molar-refractivity contribution in [3.05, 3.63) is 76.3 Å². The van der Waals surface area contributed by atoms with Crippen LogP contribution in [0.3, 0.4) is 0 Å². The molecule has 0 bridgehead atoms. The highest BCUT2D eigenvalue weighted by Crippen LogP contribution is 2.39. The molecule has 0 saturated carbocycles. The number of carbonyl (C=O) groups is 4. The number of amides is 4. The molecule has 0 aromatic heterocycles. The number of unbranched alkanes of at least 4 members (excludes halogenated alkanes) is 1. The van der Waals surface area contributed by atoms with Gasteiger partial charge in [-0.1, -0.05) is 26.0 Å². The summed E-state index contributed by atoms with van der Waals surface area (Å²) in [6.07, 6.45) is 2.78. The van der Waals surface area contributed by atoms with Crippen molar-refractivity contribution in [1.29, 1.82) is 0 Å². The average Bonchev–Trinajstić information content (AvgIpc) is 2.90. The Hall–Kier alpha value is -3.88. The molecule has 0 saturated heterocycles. The summed E-state index contributed by atoms with van der Waals surface area (Å²) in [6.45, 7) is 3.69. The Balaban J connectivity index is 1.56. The van der Waals surface area contributed by atoms with Crippen LogP contribution in [0.15, 0.2) is 48.5 Å². The Morgan fingerprint density at radius 2 is 1.18 bits per heavy atom. The lowest BCUT2D eigenvalue weighted by Gasteiger charge is -2.35. The van der Waals surface area contributed by atoms with E-state index in [1.54, 1.807) is 12.1 Å². The quantitative estimate of drug-likeness (QED) is 0.330. The van der Waals surface area contributed by atoms with Crippen molar-refractivity contribution in [3.63, 3.8) is 0 Å². The van der Waals surface area contributed by atoms with Gasteiger partial charge in [0.15, 0.2) is 0 Å². The summed E-state index contributed by atoms with van der Waals surface area (Å²) < 4.78 is 0. The van der Waals surface area contributed by atoms with E-state index < -0.39 is 29.7 Å². The normalized spacial score (nSPS) is 15.7. The van der Waals surface area contributed by atoms with Crippen molar-refractivity contribution >= 4 is 40.1 Å². The molecule has 8 nitrogen and oxygen atoms in total. The maximum atomic E-state index is 13.6. The number of hydrogen-bond donors (Lipinski definition) is 2. The fourth-order valence-corrected chi connectivity index (χ4v) is 5.52. The van der Waals surface area contributed by atoms with Gasteiger partial charge in [-0.2, -0.15) is 0 Å². The molecular weight excluding hydrogens is 484 g/mol. The number of aryl methyl sites for hydroxylation is 1. The van der Waals surface area contributed by atoms with E-state index >= 15 is 0 Å². The Morgan fingerprint density at radius 3 is 1.63 bits per heavy atom. The molecule has 2 aliphatic heterocycles. The number of aliphatic hydroxyl groups excluding tert-OH is 2. The smallest absolute Gasteiger partial charge is 0.265 e. The minimum Gasteiger partial charge on any atom is -0.396 e. The third-order valence-electron chi connectivity index (χ3n) is 7.31. The van der Waals surface area contributed by atoms with Crippen molar-refractivity contribution in [3.8, 4) is 0 Å². The van der Waals surface area contributed by atoms with Gasteiger partial charge in [-0.15, -0.1) is 0 Å². The summed E-state index contributed by atoms with van der Waals surface area (Å²) in [5, 5.41) is 19.6. The maximum Gasteiger partial charge on any atom is 0.265 e. The second-order valence-corrected chi connectivity index (χ2v) is 10.3. The van der Waals surface area contributed by atoms with Crippen LogP contribution in [0.5, 0.6) is 0 Å². The van der Waals surface area contributed by atoms with Crippen molar-refractivity contribution in [2.45, 2.75) is 45.6 Å². The number of hydrogen-bond acceptors (Lipinski definition) is 6. The third kappa shape index (κ3) is 4.10. The highest BCUT2D eigenvalue weighted by atomic mass is 16.3. The topological polar surface area (TPSA) is 115 Å². The highest BCUT2D eigenvalue weighted by Gasteiger charge is 2.42. The Labute approximate surface area is 220 Å². The fraction of sp³-hybridized carbons (Fsp3) is 0.333. The first-order valence-corrected chi connectivity index (χ1v) is 13.0. The monoisotopic (exact) mass is 514 g/mol. The fourth-order valence-electron chi connectivity index (χ4n) is 5.52. The lowest BCUT2D eigenvalue weighted by Crippen LogP contribution is -2.49. The zero-order valence-electron chi connectivity index (χ0n) is 21.4. The lowest BCUT2D eigenvalue weighted by molar-refractivity contribution is 0.0443. The van der Waals surface area contributed by atoms with Gasteiger partial charge in [0.25, 0.3) is 23.6 Å². The van der Waals surface area contributed by atoms with Crippen molar-refractivity contribution < 1.29 is 29.4 Å². The average molecular weight is 515 g/mol.